The summed E-state index contributed by atoms with van der Waals surface area (Å²) in [7, 11) is 1.47. The zero-order chi connectivity index (χ0) is 20.7. The molecule has 148 valence electrons. The monoisotopic (exact) mass is 415 g/mol. The van der Waals surface area contributed by atoms with Crippen LogP contribution in [0.4, 0.5) is 25.8 Å². The molecule has 0 bridgehead atoms. The summed E-state index contributed by atoms with van der Waals surface area (Å²) >= 11 is 5.95. The Hall–Kier alpha value is -3.19. The highest BCUT2D eigenvalue weighted by atomic mass is 35.5. The number of hydrogen-bond acceptors (Lipinski definition) is 4. The number of hydrogen-bond donors (Lipinski definition) is 0. The van der Waals surface area contributed by atoms with Crippen LogP contribution in [0.1, 0.15) is 15.9 Å². The van der Waals surface area contributed by atoms with Gasteiger partial charge in [-0.1, -0.05) is 11.6 Å². The van der Waals surface area contributed by atoms with E-state index in [0.29, 0.717) is 28.5 Å². The number of ether oxygens (including phenoxy) is 1. The highest BCUT2D eigenvalue weighted by Crippen LogP contribution is 2.40. The van der Waals surface area contributed by atoms with E-state index in [4.69, 9.17) is 16.3 Å². The Kier molecular flexibility index (Phi) is 4.84. The number of pyridine rings is 1. The molecule has 29 heavy (non-hydrogen) atoms. The van der Waals surface area contributed by atoms with E-state index in [1.165, 1.54) is 36.4 Å². The van der Waals surface area contributed by atoms with Crippen molar-refractivity contribution in [3.8, 4) is 5.88 Å². The third-order valence-corrected chi connectivity index (χ3v) is 5.09. The van der Waals surface area contributed by atoms with Gasteiger partial charge >= 0.3 is 0 Å². The van der Waals surface area contributed by atoms with Crippen molar-refractivity contribution in [1.82, 2.24) is 4.98 Å². The molecule has 0 fully saturated rings. The van der Waals surface area contributed by atoms with Crippen LogP contribution in [0.3, 0.4) is 0 Å². The molecule has 5 nitrogen and oxygen atoms in total. The Morgan fingerprint density at radius 3 is 2.55 bits per heavy atom. The number of aryl methyl sites for hydroxylation is 1. The van der Waals surface area contributed by atoms with E-state index in [2.05, 4.69) is 4.98 Å². The molecule has 8 heteroatoms. The number of carbonyl (C=O) groups is 1. The number of fused-ring (bicyclic) bond motifs is 1. The van der Waals surface area contributed by atoms with Crippen LogP contribution in [0, 0.1) is 18.6 Å². The molecule has 2 heterocycles. The van der Waals surface area contributed by atoms with Crippen LogP contribution < -0.4 is 14.5 Å². The standard InChI is InChI=1S/C21H16ClF2N3O2/c1-12-9-13(23)3-5-16(12)27-11-26(14-7-8-25-18(10-14)29-2)21(28)19-17(27)6-4-15(22)20(19)24/h3-10H,11H2,1-2H3. The van der Waals surface area contributed by atoms with E-state index in [1.807, 2.05) is 0 Å². The van der Waals surface area contributed by atoms with Crippen molar-refractivity contribution in [2.24, 2.45) is 0 Å². The molecule has 1 aromatic heterocycles. The normalized spacial score (nSPS) is 13.5. The third-order valence-electron chi connectivity index (χ3n) is 4.79. The Morgan fingerprint density at radius 1 is 1.07 bits per heavy atom. The number of methoxy groups -OCH3 is 1. The van der Waals surface area contributed by atoms with Crippen LogP contribution >= 0.6 is 11.6 Å². The van der Waals surface area contributed by atoms with Gasteiger partial charge in [0.05, 0.1) is 23.5 Å². The minimum absolute atomic E-state index is 0.0898. The van der Waals surface area contributed by atoms with Gasteiger partial charge in [0.25, 0.3) is 5.91 Å². The van der Waals surface area contributed by atoms with Crippen LogP contribution in [0.15, 0.2) is 48.7 Å². The van der Waals surface area contributed by atoms with Crippen LogP contribution in [-0.4, -0.2) is 24.7 Å². The maximum atomic E-state index is 14.9. The number of benzene rings is 2. The van der Waals surface area contributed by atoms with Crippen molar-refractivity contribution in [2.75, 3.05) is 23.6 Å². The molecule has 0 spiro atoms. The van der Waals surface area contributed by atoms with Gasteiger partial charge in [0, 0.05) is 18.0 Å². The Balaban J connectivity index is 1.91. The summed E-state index contributed by atoms with van der Waals surface area (Å²) in [6.07, 6.45) is 1.50. The van der Waals surface area contributed by atoms with Gasteiger partial charge in [-0.05, 0) is 48.9 Å². The van der Waals surface area contributed by atoms with Crippen LogP contribution in [0.2, 0.25) is 5.02 Å². The van der Waals surface area contributed by atoms with Crippen molar-refractivity contribution >= 4 is 34.6 Å². The lowest BCUT2D eigenvalue weighted by molar-refractivity contribution is 0.0979. The van der Waals surface area contributed by atoms with Gasteiger partial charge < -0.3 is 9.64 Å². The first-order valence-electron chi connectivity index (χ1n) is 8.74. The largest absolute Gasteiger partial charge is 0.481 e. The smallest absolute Gasteiger partial charge is 0.264 e. The average Bonchev–Trinajstić information content (AvgIpc) is 2.71. The molecule has 0 N–H and O–H groups in total. The van der Waals surface area contributed by atoms with Gasteiger partial charge in [-0.3, -0.25) is 9.69 Å². The van der Waals surface area contributed by atoms with E-state index in [0.717, 1.165) is 0 Å². The van der Waals surface area contributed by atoms with Crippen molar-refractivity contribution in [3.05, 3.63) is 76.4 Å². The van der Waals surface area contributed by atoms with Gasteiger partial charge in [0.15, 0.2) is 5.82 Å². The number of rotatable bonds is 3. The number of nitrogens with zero attached hydrogens (tertiary/aromatic N) is 3. The Labute approximate surface area is 171 Å². The van der Waals surface area contributed by atoms with E-state index >= 15 is 0 Å². The van der Waals surface area contributed by atoms with E-state index < -0.39 is 11.7 Å². The molecule has 1 aliphatic heterocycles. The number of aromatic nitrogens is 1. The summed E-state index contributed by atoms with van der Waals surface area (Å²) in [6.45, 7) is 1.84. The highest BCUT2D eigenvalue weighted by Gasteiger charge is 2.35. The lowest BCUT2D eigenvalue weighted by Gasteiger charge is -2.39. The first kappa shape index (κ1) is 19.1. The molecular formula is C21H16ClF2N3O2. The maximum Gasteiger partial charge on any atom is 0.264 e. The fraction of sp³-hybridized carbons (Fsp3) is 0.143. The molecule has 3 aromatic rings. The molecule has 0 aliphatic carbocycles. The Morgan fingerprint density at radius 2 is 1.83 bits per heavy atom. The number of amides is 1. The number of carbonyl (C=O) groups excluding carboxylic acids is 1. The third kappa shape index (κ3) is 3.27. The maximum absolute atomic E-state index is 14.9. The molecule has 2 aromatic carbocycles. The summed E-state index contributed by atoms with van der Waals surface area (Å²) in [6, 6.07) is 10.5. The average molecular weight is 416 g/mol. The molecule has 0 saturated heterocycles. The fourth-order valence-electron chi connectivity index (χ4n) is 3.39. The van der Waals surface area contributed by atoms with E-state index in [1.54, 1.807) is 36.1 Å². The van der Waals surface area contributed by atoms with Crippen LogP contribution in [0.5, 0.6) is 5.88 Å². The van der Waals surface area contributed by atoms with E-state index in [-0.39, 0.29) is 23.1 Å². The SMILES string of the molecule is COc1cc(N2CN(c3ccc(F)cc3C)c3ccc(Cl)c(F)c3C2=O)ccn1. The summed E-state index contributed by atoms with van der Waals surface area (Å²) < 4.78 is 33.7. The van der Waals surface area contributed by atoms with Gasteiger partial charge in [0.1, 0.15) is 18.0 Å². The molecule has 4 rings (SSSR count). The second-order valence-electron chi connectivity index (χ2n) is 6.55. The summed E-state index contributed by atoms with van der Waals surface area (Å²) in [5, 5.41) is -0.151. The van der Waals surface area contributed by atoms with E-state index in [9.17, 15) is 13.6 Å². The second-order valence-corrected chi connectivity index (χ2v) is 6.95. The first-order valence-corrected chi connectivity index (χ1v) is 9.12. The summed E-state index contributed by atoms with van der Waals surface area (Å²) in [5.41, 5.74) is 1.99. The minimum Gasteiger partial charge on any atom is -0.481 e. The predicted octanol–water partition coefficient (Wildman–Crippen LogP) is 5.09. The first-order chi connectivity index (χ1) is 13.9. The van der Waals surface area contributed by atoms with Gasteiger partial charge in [-0.25, -0.2) is 13.8 Å². The molecule has 0 saturated carbocycles. The highest BCUT2D eigenvalue weighted by molar-refractivity contribution is 6.31. The van der Waals surface area contributed by atoms with Crippen molar-refractivity contribution in [3.63, 3.8) is 0 Å². The zero-order valence-electron chi connectivity index (χ0n) is 15.6. The number of anilines is 3. The predicted molar refractivity (Wildman–Crippen MR) is 107 cm³/mol. The lowest BCUT2D eigenvalue weighted by atomic mass is 10.0. The van der Waals surface area contributed by atoms with Crippen molar-refractivity contribution < 1.29 is 18.3 Å². The summed E-state index contributed by atoms with van der Waals surface area (Å²) in [4.78, 5) is 20.4. The van der Waals surface area contributed by atoms with Gasteiger partial charge in [-0.2, -0.15) is 0 Å². The fourth-order valence-corrected chi connectivity index (χ4v) is 3.55. The quantitative estimate of drug-likeness (QED) is 0.598. The zero-order valence-corrected chi connectivity index (χ0v) is 16.4. The van der Waals surface area contributed by atoms with Gasteiger partial charge in [-0.15, -0.1) is 0 Å². The molecule has 0 unspecified atom stereocenters. The van der Waals surface area contributed by atoms with Crippen molar-refractivity contribution in [2.45, 2.75) is 6.92 Å². The second kappa shape index (κ2) is 7.33. The number of halogens is 3. The topological polar surface area (TPSA) is 45.7 Å². The minimum atomic E-state index is -0.801. The molecule has 0 atom stereocenters. The van der Waals surface area contributed by atoms with Gasteiger partial charge in [0.2, 0.25) is 5.88 Å². The van der Waals surface area contributed by atoms with Crippen LogP contribution in [0.25, 0.3) is 0 Å². The molecular weight excluding hydrogens is 400 g/mol. The molecule has 1 amide bonds. The molecule has 0 radical (unpaired) electrons. The molecule has 1 aliphatic rings. The van der Waals surface area contributed by atoms with Crippen LogP contribution in [-0.2, 0) is 0 Å². The lowest BCUT2D eigenvalue weighted by Crippen LogP contribution is -2.45. The Bertz CT molecular complexity index is 1120. The summed E-state index contributed by atoms with van der Waals surface area (Å²) in [5.74, 6) is -1.40. The van der Waals surface area contributed by atoms with Crippen molar-refractivity contribution in [1.29, 1.82) is 0 Å².